The Balaban J connectivity index is 3.39. The van der Waals surface area contributed by atoms with Crippen molar-refractivity contribution in [1.82, 2.24) is 0 Å². The van der Waals surface area contributed by atoms with E-state index in [1.54, 1.807) is 6.92 Å². The van der Waals surface area contributed by atoms with Crippen molar-refractivity contribution in [1.29, 1.82) is 0 Å². The van der Waals surface area contributed by atoms with Gasteiger partial charge in [0.25, 0.3) is 10.1 Å². The lowest BCUT2D eigenvalue weighted by Gasteiger charge is -2.08. The molecule has 1 aromatic carbocycles. The SMILES string of the molecule is CC(=O)Cc1cc(S(=O)(=O)O)cc(Cl)c1C. The van der Waals surface area contributed by atoms with Crippen molar-refractivity contribution in [3.8, 4) is 0 Å². The van der Waals surface area contributed by atoms with Gasteiger partial charge in [-0.3, -0.25) is 9.35 Å². The fourth-order valence-corrected chi connectivity index (χ4v) is 2.17. The largest absolute Gasteiger partial charge is 0.300 e. The van der Waals surface area contributed by atoms with Crippen molar-refractivity contribution in [2.75, 3.05) is 0 Å². The van der Waals surface area contributed by atoms with Crippen LogP contribution in [0.15, 0.2) is 17.0 Å². The fraction of sp³-hybridized carbons (Fsp3) is 0.300. The van der Waals surface area contributed by atoms with E-state index in [-0.39, 0.29) is 22.1 Å². The molecule has 0 unspecified atom stereocenters. The van der Waals surface area contributed by atoms with E-state index < -0.39 is 10.1 Å². The highest BCUT2D eigenvalue weighted by atomic mass is 35.5. The van der Waals surface area contributed by atoms with Gasteiger partial charge in [0.05, 0.1) is 4.90 Å². The topological polar surface area (TPSA) is 71.4 Å². The molecule has 1 N–H and O–H groups in total. The Kier molecular flexibility index (Phi) is 3.72. The summed E-state index contributed by atoms with van der Waals surface area (Å²) in [6, 6.07) is 2.42. The van der Waals surface area contributed by atoms with Crippen molar-refractivity contribution in [2.45, 2.75) is 25.2 Å². The molecule has 4 nitrogen and oxygen atoms in total. The van der Waals surface area contributed by atoms with E-state index in [2.05, 4.69) is 0 Å². The minimum Gasteiger partial charge on any atom is -0.300 e. The van der Waals surface area contributed by atoms with Crippen molar-refractivity contribution in [2.24, 2.45) is 0 Å². The number of Topliss-reactive ketones (excluding diaryl/α,β-unsaturated/α-hetero) is 1. The van der Waals surface area contributed by atoms with Crippen LogP contribution in [-0.2, 0) is 21.3 Å². The third kappa shape index (κ3) is 3.04. The van der Waals surface area contributed by atoms with Crippen LogP contribution in [0.4, 0.5) is 0 Å². The van der Waals surface area contributed by atoms with Gasteiger partial charge in [0.2, 0.25) is 0 Å². The summed E-state index contributed by atoms with van der Waals surface area (Å²) in [5.41, 5.74) is 1.15. The molecule has 0 atom stereocenters. The normalized spacial score (nSPS) is 11.5. The molecule has 0 aliphatic rings. The first-order valence-corrected chi connectivity index (χ1v) is 6.29. The molecule has 0 fully saturated rings. The lowest BCUT2D eigenvalue weighted by atomic mass is 10.0. The van der Waals surface area contributed by atoms with Gasteiger partial charge in [0.1, 0.15) is 5.78 Å². The van der Waals surface area contributed by atoms with Crippen molar-refractivity contribution < 1.29 is 17.8 Å². The maximum atomic E-state index is 11.0. The lowest BCUT2D eigenvalue weighted by Crippen LogP contribution is -2.04. The van der Waals surface area contributed by atoms with Crippen LogP contribution in [0.25, 0.3) is 0 Å². The van der Waals surface area contributed by atoms with Crippen LogP contribution < -0.4 is 0 Å². The molecule has 0 spiro atoms. The van der Waals surface area contributed by atoms with Gasteiger partial charge < -0.3 is 0 Å². The highest BCUT2D eigenvalue weighted by molar-refractivity contribution is 7.85. The number of rotatable bonds is 3. The van der Waals surface area contributed by atoms with Gasteiger partial charge in [-0.2, -0.15) is 8.42 Å². The Morgan fingerprint density at radius 2 is 2.00 bits per heavy atom. The van der Waals surface area contributed by atoms with Crippen LogP contribution in [0.3, 0.4) is 0 Å². The zero-order valence-electron chi connectivity index (χ0n) is 8.82. The molecule has 88 valence electrons. The summed E-state index contributed by atoms with van der Waals surface area (Å²) in [6.45, 7) is 3.09. The number of ketones is 1. The van der Waals surface area contributed by atoms with Gasteiger partial charge in [0, 0.05) is 11.4 Å². The molecule has 16 heavy (non-hydrogen) atoms. The predicted octanol–water partition coefficient (Wildman–Crippen LogP) is 2.03. The molecular weight excluding hydrogens is 252 g/mol. The summed E-state index contributed by atoms with van der Waals surface area (Å²) in [6.07, 6.45) is 0.0922. The zero-order valence-corrected chi connectivity index (χ0v) is 10.4. The number of carbonyl (C=O) groups is 1. The quantitative estimate of drug-likeness (QED) is 0.846. The Bertz CT molecular complexity index is 534. The second-order valence-electron chi connectivity index (χ2n) is 3.54. The van der Waals surface area contributed by atoms with Crippen LogP contribution >= 0.6 is 11.6 Å². The van der Waals surface area contributed by atoms with Crippen molar-refractivity contribution in [3.63, 3.8) is 0 Å². The first-order valence-electron chi connectivity index (χ1n) is 4.47. The standard InChI is InChI=1S/C10H11ClO4S/c1-6(12)3-8-4-9(16(13,14)15)5-10(11)7(8)2/h4-5H,3H2,1-2H3,(H,13,14,15). The molecule has 0 saturated carbocycles. The summed E-state index contributed by atoms with van der Waals surface area (Å²) in [4.78, 5) is 10.7. The van der Waals surface area contributed by atoms with Gasteiger partial charge in [-0.05, 0) is 37.1 Å². The van der Waals surface area contributed by atoms with Crippen LogP contribution in [0, 0.1) is 6.92 Å². The molecule has 0 saturated heterocycles. The smallest absolute Gasteiger partial charge is 0.294 e. The van der Waals surface area contributed by atoms with E-state index in [4.69, 9.17) is 16.2 Å². The molecular formula is C10H11ClO4S. The van der Waals surface area contributed by atoms with E-state index in [0.717, 1.165) is 6.07 Å². The molecule has 0 aliphatic heterocycles. The third-order valence-corrected chi connectivity index (χ3v) is 3.39. The minimum atomic E-state index is -4.30. The molecule has 6 heteroatoms. The maximum absolute atomic E-state index is 11.0. The fourth-order valence-electron chi connectivity index (χ4n) is 1.31. The van der Waals surface area contributed by atoms with Gasteiger partial charge >= 0.3 is 0 Å². The van der Waals surface area contributed by atoms with E-state index in [1.165, 1.54) is 13.0 Å². The second-order valence-corrected chi connectivity index (χ2v) is 5.37. The molecule has 0 amide bonds. The summed E-state index contributed by atoms with van der Waals surface area (Å²) in [5, 5.41) is 0.214. The first kappa shape index (κ1) is 13.2. The summed E-state index contributed by atoms with van der Waals surface area (Å²) >= 11 is 5.82. The highest BCUT2D eigenvalue weighted by Crippen LogP contribution is 2.24. The Morgan fingerprint density at radius 1 is 1.44 bits per heavy atom. The van der Waals surface area contributed by atoms with Crippen LogP contribution in [0.2, 0.25) is 5.02 Å². The Morgan fingerprint density at radius 3 is 2.44 bits per heavy atom. The van der Waals surface area contributed by atoms with Gasteiger partial charge in [-0.25, -0.2) is 0 Å². The predicted molar refractivity (Wildman–Crippen MR) is 60.4 cm³/mol. The van der Waals surface area contributed by atoms with Gasteiger partial charge in [-0.1, -0.05) is 11.6 Å². The summed E-state index contributed by atoms with van der Waals surface area (Å²) < 4.78 is 30.8. The van der Waals surface area contributed by atoms with Crippen molar-refractivity contribution >= 4 is 27.5 Å². The Hall–Kier alpha value is -0.910. The van der Waals surface area contributed by atoms with Crippen LogP contribution in [-0.4, -0.2) is 18.8 Å². The first-order chi connectivity index (χ1) is 7.21. The van der Waals surface area contributed by atoms with Crippen molar-refractivity contribution in [3.05, 3.63) is 28.3 Å². The van der Waals surface area contributed by atoms with Gasteiger partial charge in [-0.15, -0.1) is 0 Å². The molecule has 0 heterocycles. The Labute approximate surface area is 99.0 Å². The molecule has 0 aromatic heterocycles. The average molecular weight is 263 g/mol. The number of halogens is 1. The maximum Gasteiger partial charge on any atom is 0.294 e. The lowest BCUT2D eigenvalue weighted by molar-refractivity contribution is -0.116. The molecule has 0 radical (unpaired) electrons. The van der Waals surface area contributed by atoms with Crippen LogP contribution in [0.5, 0.6) is 0 Å². The third-order valence-electron chi connectivity index (χ3n) is 2.16. The minimum absolute atomic E-state index is 0.0922. The molecule has 0 aliphatic carbocycles. The summed E-state index contributed by atoms with van der Waals surface area (Å²) in [5.74, 6) is -0.105. The highest BCUT2D eigenvalue weighted by Gasteiger charge is 2.15. The monoisotopic (exact) mass is 262 g/mol. The second kappa shape index (κ2) is 4.53. The number of hydrogen-bond donors (Lipinski definition) is 1. The summed E-state index contributed by atoms with van der Waals surface area (Å²) in [7, 11) is -4.30. The molecule has 0 bridgehead atoms. The molecule has 1 aromatic rings. The van der Waals surface area contributed by atoms with E-state index in [0.29, 0.717) is 11.1 Å². The van der Waals surface area contributed by atoms with E-state index >= 15 is 0 Å². The zero-order chi connectivity index (χ0) is 12.5. The molecule has 1 rings (SSSR count). The number of benzene rings is 1. The average Bonchev–Trinajstić information content (AvgIpc) is 2.10. The number of carbonyl (C=O) groups excluding carboxylic acids is 1. The number of hydrogen-bond acceptors (Lipinski definition) is 3. The van der Waals surface area contributed by atoms with E-state index in [9.17, 15) is 13.2 Å². The van der Waals surface area contributed by atoms with Gasteiger partial charge in [0.15, 0.2) is 0 Å². The van der Waals surface area contributed by atoms with E-state index in [1.807, 2.05) is 0 Å². The van der Waals surface area contributed by atoms with Crippen LogP contribution in [0.1, 0.15) is 18.1 Å².